The lowest BCUT2D eigenvalue weighted by Crippen LogP contribution is -2.37. The molecule has 0 spiro atoms. The van der Waals surface area contributed by atoms with Crippen LogP contribution >= 0.6 is 0 Å². The first-order chi connectivity index (χ1) is 13.7. The third-order valence-electron chi connectivity index (χ3n) is 4.90. The minimum atomic E-state index is -0.297. The molecule has 0 saturated carbocycles. The van der Waals surface area contributed by atoms with E-state index in [-0.39, 0.29) is 17.7 Å². The predicted molar refractivity (Wildman–Crippen MR) is 106 cm³/mol. The van der Waals surface area contributed by atoms with Crippen molar-refractivity contribution >= 4 is 23.2 Å². The Kier molecular flexibility index (Phi) is 5.43. The van der Waals surface area contributed by atoms with Crippen LogP contribution in [0.5, 0.6) is 11.5 Å². The van der Waals surface area contributed by atoms with Crippen LogP contribution in [0.2, 0.25) is 0 Å². The van der Waals surface area contributed by atoms with Gasteiger partial charge >= 0.3 is 0 Å². The molecule has 2 aromatic rings. The normalized spacial score (nSPS) is 18.2. The van der Waals surface area contributed by atoms with Gasteiger partial charge in [-0.15, -0.1) is 0 Å². The first-order valence-corrected chi connectivity index (χ1v) is 9.52. The molecular formula is C21H23N3O4. The van der Waals surface area contributed by atoms with E-state index in [4.69, 9.17) is 9.47 Å². The molecule has 0 bridgehead atoms. The van der Waals surface area contributed by atoms with Crippen LogP contribution in [0.4, 0.5) is 11.4 Å². The summed E-state index contributed by atoms with van der Waals surface area (Å²) in [7, 11) is 0. The third kappa shape index (κ3) is 4.09. The van der Waals surface area contributed by atoms with Gasteiger partial charge in [-0.05, 0) is 43.7 Å². The number of rotatable bonds is 4. The number of ether oxygens (including phenoxy) is 2. The topological polar surface area (TPSA) is 88.7 Å². The van der Waals surface area contributed by atoms with Crippen LogP contribution in [0.1, 0.15) is 23.2 Å². The van der Waals surface area contributed by atoms with Crippen molar-refractivity contribution in [1.82, 2.24) is 5.32 Å². The molecule has 3 N–H and O–H groups in total. The summed E-state index contributed by atoms with van der Waals surface area (Å²) in [6.45, 7) is 2.60. The number of carbonyl (C=O) groups excluding carboxylic acids is 2. The van der Waals surface area contributed by atoms with Gasteiger partial charge in [0.1, 0.15) is 13.2 Å². The molecule has 2 aromatic carbocycles. The van der Waals surface area contributed by atoms with E-state index >= 15 is 0 Å². The number of fused-ring (bicyclic) bond motifs is 1. The Balaban J connectivity index is 1.48. The highest BCUT2D eigenvalue weighted by molar-refractivity contribution is 6.10. The van der Waals surface area contributed by atoms with E-state index in [2.05, 4.69) is 16.0 Å². The summed E-state index contributed by atoms with van der Waals surface area (Å²) in [5, 5.41) is 9.01. The molecule has 28 heavy (non-hydrogen) atoms. The molecule has 0 aliphatic carbocycles. The summed E-state index contributed by atoms with van der Waals surface area (Å²) in [5.74, 6) is 0.831. The minimum absolute atomic E-state index is 0.0632. The number of carbonyl (C=O) groups is 2. The molecule has 0 aromatic heterocycles. The van der Waals surface area contributed by atoms with E-state index < -0.39 is 0 Å². The fraction of sp³-hybridized carbons (Fsp3) is 0.333. The highest BCUT2D eigenvalue weighted by atomic mass is 16.6. The number of piperidine rings is 1. The Morgan fingerprint density at radius 1 is 1.00 bits per heavy atom. The van der Waals surface area contributed by atoms with Gasteiger partial charge < -0.3 is 25.4 Å². The van der Waals surface area contributed by atoms with Gasteiger partial charge in [-0.2, -0.15) is 0 Å². The second kappa shape index (κ2) is 8.31. The number of para-hydroxylation sites is 1. The fourth-order valence-corrected chi connectivity index (χ4v) is 3.42. The average Bonchev–Trinajstić information content (AvgIpc) is 2.74. The number of nitrogens with one attached hydrogen (secondary N) is 3. The summed E-state index contributed by atoms with van der Waals surface area (Å²) in [5.41, 5.74) is 1.52. The molecule has 2 amide bonds. The SMILES string of the molecule is O=C(Nc1ccc2c(c1)OCCO2)c1ccccc1NC(=O)C1CCCNC1. The first-order valence-electron chi connectivity index (χ1n) is 9.52. The summed E-state index contributed by atoms with van der Waals surface area (Å²) in [4.78, 5) is 25.4. The molecular weight excluding hydrogens is 358 g/mol. The van der Waals surface area contributed by atoms with Gasteiger partial charge in [-0.25, -0.2) is 0 Å². The maximum atomic E-state index is 12.8. The van der Waals surface area contributed by atoms with Gasteiger partial charge in [-0.1, -0.05) is 12.1 Å². The van der Waals surface area contributed by atoms with E-state index in [1.54, 1.807) is 42.5 Å². The summed E-state index contributed by atoms with van der Waals surface area (Å²) >= 11 is 0. The molecule has 2 aliphatic heterocycles. The quantitative estimate of drug-likeness (QED) is 0.758. The maximum absolute atomic E-state index is 12.8. The number of benzene rings is 2. The zero-order chi connectivity index (χ0) is 19.3. The first kappa shape index (κ1) is 18.3. The Morgan fingerprint density at radius 3 is 2.64 bits per heavy atom. The lowest BCUT2D eigenvalue weighted by molar-refractivity contribution is -0.120. The van der Waals surface area contributed by atoms with Gasteiger partial charge in [0.15, 0.2) is 11.5 Å². The monoisotopic (exact) mass is 381 g/mol. The van der Waals surface area contributed by atoms with E-state index in [1.165, 1.54) is 0 Å². The van der Waals surface area contributed by atoms with E-state index in [1.807, 2.05) is 0 Å². The van der Waals surface area contributed by atoms with Crippen molar-refractivity contribution in [3.05, 3.63) is 48.0 Å². The Bertz CT molecular complexity index is 878. The average molecular weight is 381 g/mol. The van der Waals surface area contributed by atoms with Crippen LogP contribution in [0.3, 0.4) is 0 Å². The Morgan fingerprint density at radius 2 is 1.82 bits per heavy atom. The molecule has 2 heterocycles. The molecule has 1 fully saturated rings. The van der Waals surface area contributed by atoms with Crippen LogP contribution in [0, 0.1) is 5.92 Å². The lowest BCUT2D eigenvalue weighted by Gasteiger charge is -2.22. The molecule has 7 heteroatoms. The van der Waals surface area contributed by atoms with Crippen molar-refractivity contribution in [3.63, 3.8) is 0 Å². The van der Waals surface area contributed by atoms with Gasteiger partial charge in [0, 0.05) is 18.3 Å². The molecule has 1 atom stereocenters. The fourth-order valence-electron chi connectivity index (χ4n) is 3.42. The highest BCUT2D eigenvalue weighted by Crippen LogP contribution is 2.33. The predicted octanol–water partition coefficient (Wildman–Crippen LogP) is 2.65. The summed E-state index contributed by atoms with van der Waals surface area (Å²) in [6, 6.07) is 12.3. The molecule has 146 valence electrons. The number of hydrogen-bond donors (Lipinski definition) is 3. The van der Waals surface area contributed by atoms with E-state index in [0.717, 1.165) is 19.4 Å². The lowest BCUT2D eigenvalue weighted by atomic mass is 9.98. The van der Waals surface area contributed by atoms with E-state index in [9.17, 15) is 9.59 Å². The largest absolute Gasteiger partial charge is 0.486 e. The van der Waals surface area contributed by atoms with Crippen molar-refractivity contribution in [2.45, 2.75) is 12.8 Å². The standard InChI is InChI=1S/C21H23N3O4/c25-20(14-4-3-9-22-13-14)24-17-6-2-1-5-16(17)21(26)23-15-7-8-18-19(12-15)28-11-10-27-18/h1-2,5-8,12,14,22H,3-4,9-11,13H2,(H,23,26)(H,24,25). The third-order valence-corrected chi connectivity index (χ3v) is 4.90. The molecule has 0 radical (unpaired) electrons. The van der Waals surface area contributed by atoms with Crippen LogP contribution in [-0.2, 0) is 4.79 Å². The molecule has 1 saturated heterocycles. The maximum Gasteiger partial charge on any atom is 0.257 e. The van der Waals surface area contributed by atoms with Gasteiger partial charge in [0.05, 0.1) is 17.2 Å². The second-order valence-corrected chi connectivity index (χ2v) is 6.89. The molecule has 1 unspecified atom stereocenters. The molecule has 7 nitrogen and oxygen atoms in total. The summed E-state index contributed by atoms with van der Waals surface area (Å²) in [6.07, 6.45) is 1.83. The van der Waals surface area contributed by atoms with Crippen LogP contribution < -0.4 is 25.4 Å². The zero-order valence-electron chi connectivity index (χ0n) is 15.5. The van der Waals surface area contributed by atoms with Crippen molar-refractivity contribution in [2.24, 2.45) is 5.92 Å². The van der Waals surface area contributed by atoms with Gasteiger partial charge in [0.25, 0.3) is 5.91 Å². The van der Waals surface area contributed by atoms with Crippen LogP contribution in [0.25, 0.3) is 0 Å². The van der Waals surface area contributed by atoms with Crippen molar-refractivity contribution in [2.75, 3.05) is 36.9 Å². The molecule has 2 aliphatic rings. The van der Waals surface area contributed by atoms with Crippen molar-refractivity contribution in [1.29, 1.82) is 0 Å². The zero-order valence-corrected chi connectivity index (χ0v) is 15.5. The van der Waals surface area contributed by atoms with Gasteiger partial charge in [-0.3, -0.25) is 9.59 Å². The Labute approximate surface area is 163 Å². The van der Waals surface area contributed by atoms with Crippen LogP contribution in [-0.4, -0.2) is 38.1 Å². The van der Waals surface area contributed by atoms with Crippen molar-refractivity contribution in [3.8, 4) is 11.5 Å². The molecule has 4 rings (SSSR count). The summed E-state index contributed by atoms with van der Waals surface area (Å²) < 4.78 is 11.1. The second-order valence-electron chi connectivity index (χ2n) is 6.89. The van der Waals surface area contributed by atoms with Crippen molar-refractivity contribution < 1.29 is 19.1 Å². The minimum Gasteiger partial charge on any atom is -0.486 e. The Hall–Kier alpha value is -3.06. The smallest absolute Gasteiger partial charge is 0.257 e. The number of hydrogen-bond acceptors (Lipinski definition) is 5. The van der Waals surface area contributed by atoms with E-state index in [0.29, 0.717) is 48.2 Å². The van der Waals surface area contributed by atoms with Crippen LogP contribution in [0.15, 0.2) is 42.5 Å². The highest BCUT2D eigenvalue weighted by Gasteiger charge is 2.22. The number of anilines is 2. The number of amides is 2. The van der Waals surface area contributed by atoms with Gasteiger partial charge in [0.2, 0.25) is 5.91 Å².